The number of thiophene rings is 1. The summed E-state index contributed by atoms with van der Waals surface area (Å²) in [7, 11) is 3.83. The zero-order valence-electron chi connectivity index (χ0n) is 17.5. The lowest BCUT2D eigenvalue weighted by Gasteiger charge is -2.06. The third kappa shape index (κ3) is 3.12. The molecule has 0 atom stereocenters. The number of H-pyrrole nitrogens is 2. The van der Waals surface area contributed by atoms with E-state index in [1.807, 2.05) is 31.4 Å². The standard InChI is InChI=1S/C24H19N7S/c1-31(2)13-27-24-26-12-19-23(29-24)18(11-25-19)15-7-16-10-28-30-22(16)17(8-15)21-9-14-5-3-4-6-20(14)32-21/h3-13,25H,1-2H3,(H,28,30)/b27-13+. The number of rotatable bonds is 4. The number of nitrogens with zero attached hydrogens (tertiary/aromatic N) is 5. The normalized spacial score (nSPS) is 11.9. The number of aliphatic imine (C=N–C) groups is 1. The summed E-state index contributed by atoms with van der Waals surface area (Å²) in [5, 5.41) is 9.78. The number of hydrogen-bond acceptors (Lipinski definition) is 5. The second kappa shape index (κ2) is 7.28. The third-order valence-corrected chi connectivity index (χ3v) is 6.51. The van der Waals surface area contributed by atoms with Crippen LogP contribution in [0.2, 0.25) is 0 Å². The van der Waals surface area contributed by atoms with Crippen molar-refractivity contribution in [1.29, 1.82) is 0 Å². The molecule has 0 aliphatic heterocycles. The van der Waals surface area contributed by atoms with Crippen LogP contribution in [-0.4, -0.2) is 50.5 Å². The van der Waals surface area contributed by atoms with Gasteiger partial charge >= 0.3 is 0 Å². The third-order valence-electron chi connectivity index (χ3n) is 5.36. The van der Waals surface area contributed by atoms with Crippen molar-refractivity contribution in [2.24, 2.45) is 4.99 Å². The number of hydrogen-bond donors (Lipinski definition) is 2. The maximum Gasteiger partial charge on any atom is 0.251 e. The van der Waals surface area contributed by atoms with Gasteiger partial charge in [0, 0.05) is 46.4 Å². The highest BCUT2D eigenvalue weighted by atomic mass is 32.1. The first-order chi connectivity index (χ1) is 15.7. The summed E-state index contributed by atoms with van der Waals surface area (Å²) in [4.78, 5) is 19.7. The van der Waals surface area contributed by atoms with Gasteiger partial charge in [0.05, 0.1) is 29.8 Å². The van der Waals surface area contributed by atoms with Gasteiger partial charge in [-0.15, -0.1) is 11.3 Å². The van der Waals surface area contributed by atoms with E-state index in [0.29, 0.717) is 5.95 Å². The van der Waals surface area contributed by atoms with E-state index in [-0.39, 0.29) is 0 Å². The molecule has 0 aliphatic carbocycles. The maximum atomic E-state index is 4.70. The molecule has 4 aromatic heterocycles. The monoisotopic (exact) mass is 437 g/mol. The summed E-state index contributed by atoms with van der Waals surface area (Å²) in [5.74, 6) is 0.432. The Kier molecular flexibility index (Phi) is 4.26. The maximum absolute atomic E-state index is 4.70. The van der Waals surface area contributed by atoms with Crippen LogP contribution in [0.3, 0.4) is 0 Å². The van der Waals surface area contributed by atoms with E-state index in [1.54, 1.807) is 23.9 Å². The predicted octanol–water partition coefficient (Wildman–Crippen LogP) is 5.60. The van der Waals surface area contributed by atoms with E-state index in [9.17, 15) is 0 Å². The second-order valence-electron chi connectivity index (χ2n) is 7.85. The quantitative estimate of drug-likeness (QED) is 0.277. The van der Waals surface area contributed by atoms with Gasteiger partial charge in [-0.25, -0.2) is 15.0 Å². The summed E-state index contributed by atoms with van der Waals surface area (Å²) >= 11 is 1.78. The largest absolute Gasteiger partial charge is 0.369 e. The Balaban J connectivity index is 1.54. The Morgan fingerprint density at radius 3 is 2.81 bits per heavy atom. The minimum absolute atomic E-state index is 0.432. The molecule has 32 heavy (non-hydrogen) atoms. The van der Waals surface area contributed by atoms with Gasteiger partial charge in [-0.2, -0.15) is 5.10 Å². The van der Waals surface area contributed by atoms with Crippen LogP contribution in [0.1, 0.15) is 0 Å². The van der Waals surface area contributed by atoms with Crippen LogP contribution in [-0.2, 0) is 0 Å². The van der Waals surface area contributed by atoms with Crippen LogP contribution in [0, 0.1) is 0 Å². The lowest BCUT2D eigenvalue weighted by molar-refractivity contribution is 0.642. The zero-order chi connectivity index (χ0) is 21.7. The first-order valence-electron chi connectivity index (χ1n) is 10.2. The molecule has 6 aromatic rings. The van der Waals surface area contributed by atoms with E-state index < -0.39 is 0 Å². The lowest BCUT2D eigenvalue weighted by atomic mass is 10.0. The highest BCUT2D eigenvalue weighted by molar-refractivity contribution is 7.22. The molecule has 0 saturated heterocycles. The molecule has 0 spiro atoms. The highest BCUT2D eigenvalue weighted by Crippen LogP contribution is 2.40. The molecule has 0 bridgehead atoms. The number of nitrogens with one attached hydrogen (secondary N) is 2. The van der Waals surface area contributed by atoms with E-state index in [2.05, 4.69) is 67.6 Å². The van der Waals surface area contributed by atoms with Crippen molar-refractivity contribution < 1.29 is 0 Å². The second-order valence-corrected chi connectivity index (χ2v) is 8.93. The molecular formula is C24H19N7S. The summed E-state index contributed by atoms with van der Waals surface area (Å²) in [5.41, 5.74) is 5.96. The van der Waals surface area contributed by atoms with Gasteiger partial charge in [0.15, 0.2) is 0 Å². The fourth-order valence-electron chi connectivity index (χ4n) is 3.87. The van der Waals surface area contributed by atoms with Gasteiger partial charge < -0.3 is 9.88 Å². The average Bonchev–Trinajstić information content (AvgIpc) is 3.53. The van der Waals surface area contributed by atoms with Crippen molar-refractivity contribution in [3.63, 3.8) is 0 Å². The van der Waals surface area contributed by atoms with Crippen molar-refractivity contribution in [2.75, 3.05) is 14.1 Å². The highest BCUT2D eigenvalue weighted by Gasteiger charge is 2.15. The molecule has 0 amide bonds. The molecule has 2 aromatic carbocycles. The Bertz CT molecular complexity index is 1590. The summed E-state index contributed by atoms with van der Waals surface area (Å²) in [6, 6.07) is 15.0. The summed E-state index contributed by atoms with van der Waals surface area (Å²) in [6.45, 7) is 0. The molecule has 2 N–H and O–H groups in total. The van der Waals surface area contributed by atoms with Crippen molar-refractivity contribution in [3.05, 3.63) is 61.1 Å². The van der Waals surface area contributed by atoms with E-state index >= 15 is 0 Å². The Morgan fingerprint density at radius 1 is 1.03 bits per heavy atom. The Morgan fingerprint density at radius 2 is 1.94 bits per heavy atom. The van der Waals surface area contributed by atoms with Gasteiger partial charge in [0.25, 0.3) is 5.95 Å². The SMILES string of the molecule is CN(C)/C=N/c1ncc2[nH]cc(-c3cc(-c4cc5ccccc5s4)c4[nH]ncc4c3)c2n1. The molecular weight excluding hydrogens is 418 g/mol. The molecule has 0 saturated carbocycles. The van der Waals surface area contributed by atoms with Crippen LogP contribution in [0.4, 0.5) is 5.95 Å². The molecule has 6 rings (SSSR count). The number of benzene rings is 2. The molecule has 4 heterocycles. The van der Waals surface area contributed by atoms with E-state index in [0.717, 1.165) is 38.6 Å². The van der Waals surface area contributed by atoms with Crippen LogP contribution in [0.15, 0.2) is 66.0 Å². The Labute approximate surface area is 187 Å². The molecule has 0 fully saturated rings. The van der Waals surface area contributed by atoms with Crippen LogP contribution < -0.4 is 0 Å². The molecule has 0 unspecified atom stereocenters. The fraction of sp³-hybridized carbons (Fsp3) is 0.0833. The minimum atomic E-state index is 0.432. The topological polar surface area (TPSA) is 85.9 Å². The van der Waals surface area contributed by atoms with Crippen molar-refractivity contribution in [3.8, 4) is 21.6 Å². The van der Waals surface area contributed by atoms with Crippen molar-refractivity contribution in [1.82, 2.24) is 30.0 Å². The van der Waals surface area contributed by atoms with Gasteiger partial charge in [-0.3, -0.25) is 5.10 Å². The Hall–Kier alpha value is -4.04. The minimum Gasteiger partial charge on any atom is -0.369 e. The predicted molar refractivity (Wildman–Crippen MR) is 132 cm³/mol. The van der Waals surface area contributed by atoms with Gasteiger partial charge in [0.2, 0.25) is 0 Å². The van der Waals surface area contributed by atoms with Crippen LogP contribution in [0.5, 0.6) is 0 Å². The van der Waals surface area contributed by atoms with Crippen molar-refractivity contribution in [2.45, 2.75) is 0 Å². The molecule has 8 heteroatoms. The molecule has 156 valence electrons. The number of aromatic amines is 2. The molecule has 0 radical (unpaired) electrons. The van der Waals surface area contributed by atoms with Crippen LogP contribution in [0.25, 0.3) is 53.6 Å². The molecule has 7 nitrogen and oxygen atoms in total. The van der Waals surface area contributed by atoms with Crippen molar-refractivity contribution >= 4 is 55.6 Å². The van der Waals surface area contributed by atoms with E-state index in [4.69, 9.17) is 4.98 Å². The zero-order valence-corrected chi connectivity index (χ0v) is 18.3. The number of aromatic nitrogens is 5. The van der Waals surface area contributed by atoms with Gasteiger partial charge in [0.1, 0.15) is 5.52 Å². The fourth-order valence-corrected chi connectivity index (χ4v) is 4.96. The number of fused-ring (bicyclic) bond motifs is 3. The van der Waals surface area contributed by atoms with Gasteiger partial charge in [-0.05, 0) is 35.2 Å². The van der Waals surface area contributed by atoms with E-state index in [1.165, 1.54) is 15.0 Å². The van der Waals surface area contributed by atoms with Gasteiger partial charge in [-0.1, -0.05) is 18.2 Å². The summed E-state index contributed by atoms with van der Waals surface area (Å²) < 4.78 is 1.27. The average molecular weight is 438 g/mol. The first-order valence-corrected chi connectivity index (χ1v) is 11.0. The lowest BCUT2D eigenvalue weighted by Crippen LogP contribution is -2.07. The smallest absolute Gasteiger partial charge is 0.251 e. The summed E-state index contributed by atoms with van der Waals surface area (Å²) in [6.07, 6.45) is 7.32. The van der Waals surface area contributed by atoms with Crippen LogP contribution >= 0.6 is 11.3 Å². The first kappa shape index (κ1) is 18.7. The molecule has 0 aliphatic rings.